The monoisotopic (exact) mass is 475 g/mol. The summed E-state index contributed by atoms with van der Waals surface area (Å²) in [5.74, 6) is 1.10. The Morgan fingerprint density at radius 2 is 1.91 bits per heavy atom. The third kappa shape index (κ3) is 6.06. The van der Waals surface area contributed by atoms with E-state index < -0.39 is 6.04 Å². The van der Waals surface area contributed by atoms with Crippen LogP contribution in [0.2, 0.25) is 0 Å². The van der Waals surface area contributed by atoms with Gasteiger partial charge in [0.2, 0.25) is 4.69 Å². The summed E-state index contributed by atoms with van der Waals surface area (Å²) in [5.41, 5.74) is 2.43. The molecule has 0 saturated carbocycles. The number of aryl methyl sites for hydroxylation is 1. The van der Waals surface area contributed by atoms with Gasteiger partial charge in [0.1, 0.15) is 6.04 Å². The van der Waals surface area contributed by atoms with Gasteiger partial charge in [0.05, 0.1) is 8.66 Å². The zero-order valence-corrected chi connectivity index (χ0v) is 17.1. The Labute approximate surface area is 160 Å². The molecule has 122 valence electrons. The minimum atomic E-state index is -0.543. The van der Waals surface area contributed by atoms with Crippen LogP contribution in [-0.2, 0) is 10.5 Å². The van der Waals surface area contributed by atoms with Crippen LogP contribution in [-0.4, -0.2) is 22.4 Å². The number of thioether (sulfide) groups is 1. The molecule has 0 unspecified atom stereocenters. The van der Waals surface area contributed by atoms with E-state index in [9.17, 15) is 9.59 Å². The summed E-state index contributed by atoms with van der Waals surface area (Å²) < 4.78 is 0.677. The van der Waals surface area contributed by atoms with Crippen molar-refractivity contribution in [2.24, 2.45) is 0 Å². The predicted molar refractivity (Wildman–Crippen MR) is 105 cm³/mol. The summed E-state index contributed by atoms with van der Waals surface area (Å²) in [6.07, 6.45) is 0. The Hall–Kier alpha value is -0.630. The number of halogens is 2. The molecule has 2 aromatic rings. The van der Waals surface area contributed by atoms with Gasteiger partial charge in [-0.3, -0.25) is 9.59 Å². The van der Waals surface area contributed by atoms with E-state index in [1.807, 2.05) is 6.07 Å². The lowest BCUT2D eigenvalue weighted by Crippen LogP contribution is -2.40. The van der Waals surface area contributed by atoms with Gasteiger partial charge < -0.3 is 5.32 Å². The number of rotatable bonds is 7. The molecule has 1 heterocycles. The maximum Gasteiger partial charge on any atom is 0.262 e. The molecule has 0 spiro atoms. The third-order valence-corrected chi connectivity index (χ3v) is 6.33. The van der Waals surface area contributed by atoms with Crippen molar-refractivity contribution in [2.75, 3.05) is 5.75 Å². The van der Waals surface area contributed by atoms with Crippen LogP contribution in [0.1, 0.15) is 20.8 Å². The van der Waals surface area contributed by atoms with Crippen molar-refractivity contribution in [1.29, 1.82) is 0 Å². The molecule has 1 amide bonds. The topological polar surface area (TPSA) is 46.2 Å². The summed E-state index contributed by atoms with van der Waals surface area (Å²) in [6, 6.07) is 11.3. The van der Waals surface area contributed by atoms with Crippen molar-refractivity contribution >= 4 is 65.6 Å². The molecule has 0 aliphatic carbocycles. The number of amides is 1. The zero-order chi connectivity index (χ0) is 16.8. The fourth-order valence-electron chi connectivity index (χ4n) is 1.81. The molecule has 0 radical (unpaired) electrons. The van der Waals surface area contributed by atoms with Crippen LogP contribution in [0, 0.1) is 6.92 Å². The Morgan fingerprint density at radius 1 is 1.22 bits per heavy atom. The normalized spacial score (nSPS) is 12.0. The number of carbonyl (C=O) groups excluding carboxylic acids is 2. The smallest absolute Gasteiger partial charge is 0.262 e. The summed E-state index contributed by atoms with van der Waals surface area (Å²) >= 11 is 9.26. The SMILES string of the molecule is Cc1ccc(CSC[C@H](NC(=O)c2ccc(Br)s2)C(=O)Br)cc1. The molecule has 0 fully saturated rings. The lowest BCUT2D eigenvalue weighted by molar-refractivity contribution is -0.111. The van der Waals surface area contributed by atoms with Crippen molar-refractivity contribution in [3.8, 4) is 0 Å². The molecule has 0 aliphatic rings. The first-order valence-electron chi connectivity index (χ1n) is 6.84. The highest BCUT2D eigenvalue weighted by molar-refractivity contribution is 9.18. The van der Waals surface area contributed by atoms with E-state index >= 15 is 0 Å². The standard InChI is InChI=1S/C16H15Br2NO2S2/c1-10-2-4-11(5-3-10)8-22-9-12(15(18)20)19-16(21)13-6-7-14(17)23-13/h2-7,12H,8-9H2,1H3,(H,19,21)/t12-/m0/s1. The molecule has 7 heteroatoms. The molecule has 2 rings (SSSR count). The largest absolute Gasteiger partial charge is 0.340 e. The second-order valence-electron chi connectivity index (χ2n) is 4.93. The fourth-order valence-corrected chi connectivity index (χ4v) is 4.60. The van der Waals surface area contributed by atoms with Crippen molar-refractivity contribution in [2.45, 2.75) is 18.7 Å². The molecule has 23 heavy (non-hydrogen) atoms. The Bertz CT molecular complexity index is 686. The van der Waals surface area contributed by atoms with Gasteiger partial charge in [0, 0.05) is 11.5 Å². The molecule has 3 nitrogen and oxygen atoms in total. The number of carbonyl (C=O) groups is 2. The van der Waals surface area contributed by atoms with E-state index in [4.69, 9.17) is 0 Å². The van der Waals surface area contributed by atoms with E-state index in [1.165, 1.54) is 22.5 Å². The van der Waals surface area contributed by atoms with Crippen molar-refractivity contribution in [3.63, 3.8) is 0 Å². The van der Waals surface area contributed by atoms with E-state index in [0.29, 0.717) is 10.6 Å². The van der Waals surface area contributed by atoms with Crippen molar-refractivity contribution < 1.29 is 9.59 Å². The van der Waals surface area contributed by atoms with E-state index in [0.717, 1.165) is 9.54 Å². The van der Waals surface area contributed by atoms with Crippen LogP contribution in [0.4, 0.5) is 0 Å². The molecule has 1 aromatic heterocycles. The molecular formula is C16H15Br2NO2S2. The summed E-state index contributed by atoms with van der Waals surface area (Å²) in [6.45, 7) is 2.05. The quantitative estimate of drug-likeness (QED) is 0.585. The van der Waals surface area contributed by atoms with Gasteiger partial charge in [-0.25, -0.2) is 0 Å². The van der Waals surface area contributed by atoms with Gasteiger partial charge in [-0.05, 0) is 56.5 Å². The molecular weight excluding hydrogens is 462 g/mol. The summed E-state index contributed by atoms with van der Waals surface area (Å²) in [5, 5.41) is 2.77. The van der Waals surface area contributed by atoms with Crippen molar-refractivity contribution in [3.05, 3.63) is 56.2 Å². The number of nitrogens with one attached hydrogen (secondary N) is 1. The van der Waals surface area contributed by atoms with Gasteiger partial charge >= 0.3 is 0 Å². The highest BCUT2D eigenvalue weighted by atomic mass is 79.9. The number of thiophene rings is 1. The van der Waals surface area contributed by atoms with E-state index in [2.05, 4.69) is 68.4 Å². The fraction of sp³-hybridized carbons (Fsp3) is 0.250. The first-order chi connectivity index (χ1) is 11.0. The maximum atomic E-state index is 12.1. The van der Waals surface area contributed by atoms with Gasteiger partial charge in [-0.1, -0.05) is 29.8 Å². The number of benzene rings is 1. The van der Waals surface area contributed by atoms with Crippen LogP contribution in [0.15, 0.2) is 40.2 Å². The van der Waals surface area contributed by atoms with Crippen LogP contribution in [0.5, 0.6) is 0 Å². The molecule has 1 aromatic carbocycles. The minimum absolute atomic E-state index is 0.210. The average molecular weight is 477 g/mol. The summed E-state index contributed by atoms with van der Waals surface area (Å²) in [7, 11) is 0. The second-order valence-corrected chi connectivity index (χ2v) is 9.21. The Kier molecular flexibility index (Phi) is 7.33. The highest BCUT2D eigenvalue weighted by Gasteiger charge is 2.20. The van der Waals surface area contributed by atoms with Gasteiger partial charge in [-0.2, -0.15) is 11.8 Å². The van der Waals surface area contributed by atoms with Gasteiger partial charge in [0.15, 0.2) is 0 Å². The van der Waals surface area contributed by atoms with E-state index in [-0.39, 0.29) is 10.6 Å². The summed E-state index contributed by atoms with van der Waals surface area (Å²) in [4.78, 5) is 24.4. The molecule has 1 N–H and O–H groups in total. The van der Waals surface area contributed by atoms with Gasteiger partial charge in [0.25, 0.3) is 5.91 Å². The molecule has 1 atom stereocenters. The van der Waals surface area contributed by atoms with Crippen LogP contribution < -0.4 is 5.32 Å². The van der Waals surface area contributed by atoms with Crippen molar-refractivity contribution in [1.82, 2.24) is 5.32 Å². The van der Waals surface area contributed by atoms with Gasteiger partial charge in [-0.15, -0.1) is 11.3 Å². The number of hydrogen-bond donors (Lipinski definition) is 1. The third-order valence-electron chi connectivity index (χ3n) is 3.05. The first kappa shape index (κ1) is 18.7. The lowest BCUT2D eigenvalue weighted by atomic mass is 10.2. The predicted octanol–water partition coefficient (Wildman–Crippen LogP) is 4.77. The van der Waals surface area contributed by atoms with Crippen LogP contribution in [0.25, 0.3) is 0 Å². The average Bonchev–Trinajstić information content (AvgIpc) is 2.94. The molecule has 0 aliphatic heterocycles. The number of hydrogen-bond acceptors (Lipinski definition) is 4. The Morgan fingerprint density at radius 3 is 2.48 bits per heavy atom. The first-order valence-corrected chi connectivity index (χ1v) is 10.4. The maximum absolute atomic E-state index is 12.1. The van der Waals surface area contributed by atoms with Crippen LogP contribution >= 0.6 is 55.0 Å². The lowest BCUT2D eigenvalue weighted by Gasteiger charge is -2.14. The molecule has 0 saturated heterocycles. The second kappa shape index (κ2) is 9.01. The van der Waals surface area contributed by atoms with Crippen LogP contribution in [0.3, 0.4) is 0 Å². The molecule has 0 bridgehead atoms. The van der Waals surface area contributed by atoms with E-state index in [1.54, 1.807) is 17.8 Å². The zero-order valence-electron chi connectivity index (χ0n) is 12.3. The highest BCUT2D eigenvalue weighted by Crippen LogP contribution is 2.22. The minimum Gasteiger partial charge on any atom is -0.340 e. The Balaban J connectivity index is 1.87.